The number of aliphatic hydroxyl groups is 1. The summed E-state index contributed by atoms with van der Waals surface area (Å²) in [6, 6.07) is 9.12. The number of nitrogens with one attached hydrogen (secondary N) is 8. The van der Waals surface area contributed by atoms with Crippen LogP contribution in [0.15, 0.2) is 71.5 Å². The highest BCUT2D eigenvalue weighted by atomic mass is 16.3. The third kappa shape index (κ3) is 9.98. The van der Waals surface area contributed by atoms with Gasteiger partial charge in [0.15, 0.2) is 5.96 Å². The minimum absolute atomic E-state index is 0.0156. The fourth-order valence-corrected chi connectivity index (χ4v) is 4.93. The molecule has 0 aromatic heterocycles. The number of rotatable bonds is 6. The number of benzene rings is 2. The molecule has 2 aliphatic rings. The van der Waals surface area contributed by atoms with E-state index in [-0.39, 0.29) is 18.9 Å². The highest BCUT2D eigenvalue weighted by molar-refractivity contribution is 6.03. The molecule has 50 heavy (non-hydrogen) atoms. The minimum atomic E-state index is -1.54. The van der Waals surface area contributed by atoms with E-state index < -0.39 is 91.2 Å². The van der Waals surface area contributed by atoms with E-state index in [1.54, 1.807) is 18.2 Å². The summed E-state index contributed by atoms with van der Waals surface area (Å²) in [5.74, 6) is -4.68. The van der Waals surface area contributed by atoms with Gasteiger partial charge in [-0.1, -0.05) is 42.5 Å². The van der Waals surface area contributed by atoms with Crippen molar-refractivity contribution in [1.29, 1.82) is 0 Å². The van der Waals surface area contributed by atoms with Crippen LogP contribution in [0.1, 0.15) is 6.42 Å². The monoisotopic (exact) mass is 692 g/mol. The summed E-state index contributed by atoms with van der Waals surface area (Å²) in [5.41, 5.74) is 19.1. The van der Waals surface area contributed by atoms with Gasteiger partial charge in [-0.2, -0.15) is 0 Å². The van der Waals surface area contributed by atoms with Gasteiger partial charge >= 0.3 is 6.03 Å². The number of guanidine groups is 1. The number of nitrogens with two attached hydrogens (primary N) is 3. The average Bonchev–Trinajstić information content (AvgIpc) is 3.11. The third-order valence-electron chi connectivity index (χ3n) is 7.62. The summed E-state index contributed by atoms with van der Waals surface area (Å²) in [5, 5.41) is 29.5. The minimum Gasteiger partial charge on any atom is -0.394 e. The molecular formula is C31H40N12O7. The van der Waals surface area contributed by atoms with Gasteiger partial charge in [0.25, 0.3) is 5.91 Å². The van der Waals surface area contributed by atoms with E-state index in [0.29, 0.717) is 5.69 Å². The molecule has 19 nitrogen and oxygen atoms in total. The van der Waals surface area contributed by atoms with Gasteiger partial charge in [-0.05, 0) is 29.7 Å². The van der Waals surface area contributed by atoms with Crippen LogP contribution in [0.4, 0.5) is 10.5 Å². The number of urea groups is 1. The van der Waals surface area contributed by atoms with Crippen LogP contribution in [0.25, 0.3) is 11.1 Å². The van der Waals surface area contributed by atoms with Crippen molar-refractivity contribution in [2.24, 2.45) is 22.2 Å². The van der Waals surface area contributed by atoms with Gasteiger partial charge in [0, 0.05) is 31.5 Å². The number of hydrogen-bond acceptors (Lipinski definition) is 12. The van der Waals surface area contributed by atoms with Gasteiger partial charge in [-0.3, -0.25) is 29.0 Å². The van der Waals surface area contributed by atoms with Crippen LogP contribution >= 0.6 is 0 Å². The Bertz CT molecular complexity index is 1650. The van der Waals surface area contributed by atoms with Gasteiger partial charge < -0.3 is 64.8 Å². The van der Waals surface area contributed by atoms with Crippen molar-refractivity contribution in [3.63, 3.8) is 0 Å². The molecule has 0 spiro atoms. The quantitative estimate of drug-likeness (QED) is 0.129. The molecule has 2 aliphatic heterocycles. The molecular weight excluding hydrogens is 652 g/mol. The number of aliphatic imine (C=N–C) groups is 1. The molecule has 19 heteroatoms. The van der Waals surface area contributed by atoms with Gasteiger partial charge in [0.1, 0.15) is 29.9 Å². The molecule has 0 radical (unpaired) electrons. The number of amides is 7. The molecule has 2 heterocycles. The van der Waals surface area contributed by atoms with Crippen LogP contribution < -0.4 is 59.7 Å². The molecule has 2 aromatic rings. The van der Waals surface area contributed by atoms with Crippen LogP contribution in [-0.4, -0.2) is 103 Å². The van der Waals surface area contributed by atoms with E-state index in [2.05, 4.69) is 47.5 Å². The molecule has 4 rings (SSSR count). The second kappa shape index (κ2) is 17.4. The van der Waals surface area contributed by atoms with Crippen LogP contribution in [0.2, 0.25) is 0 Å². The molecule has 266 valence electrons. The number of anilines is 1. The van der Waals surface area contributed by atoms with Crippen LogP contribution in [0.3, 0.4) is 0 Å². The molecule has 5 atom stereocenters. The first-order chi connectivity index (χ1) is 24.0. The van der Waals surface area contributed by atoms with Crippen LogP contribution in [-0.2, 0) is 24.0 Å². The number of carbonyl (C=O) groups is 6. The molecule has 0 saturated carbocycles. The normalized spacial score (nSPS) is 24.7. The molecule has 7 amide bonds. The van der Waals surface area contributed by atoms with Crippen molar-refractivity contribution in [3.8, 4) is 11.1 Å². The fourth-order valence-electron chi connectivity index (χ4n) is 4.93. The van der Waals surface area contributed by atoms with Crippen molar-refractivity contribution in [3.05, 3.63) is 66.5 Å². The van der Waals surface area contributed by atoms with Gasteiger partial charge in [0.05, 0.1) is 12.6 Å². The summed E-state index contributed by atoms with van der Waals surface area (Å²) in [7, 11) is 0. The lowest BCUT2D eigenvalue weighted by molar-refractivity contribution is -0.133. The van der Waals surface area contributed by atoms with Gasteiger partial charge in [-0.15, -0.1) is 0 Å². The van der Waals surface area contributed by atoms with E-state index in [1.807, 2.05) is 36.4 Å². The Morgan fingerprint density at radius 1 is 0.900 bits per heavy atom. The zero-order valence-corrected chi connectivity index (χ0v) is 26.8. The first-order valence-electron chi connectivity index (χ1n) is 15.5. The Hall–Kier alpha value is -6.05. The van der Waals surface area contributed by atoms with Crippen LogP contribution in [0.5, 0.6) is 0 Å². The van der Waals surface area contributed by atoms with E-state index in [0.717, 1.165) is 17.3 Å². The molecule has 1 saturated heterocycles. The number of carbonyl (C=O) groups excluding carboxylic acids is 6. The molecule has 0 bridgehead atoms. The first-order valence-corrected chi connectivity index (χ1v) is 15.5. The van der Waals surface area contributed by atoms with Gasteiger partial charge in [0.2, 0.25) is 23.6 Å². The van der Waals surface area contributed by atoms with E-state index >= 15 is 0 Å². The van der Waals surface area contributed by atoms with Crippen molar-refractivity contribution in [2.45, 2.75) is 36.6 Å². The van der Waals surface area contributed by atoms with E-state index in [4.69, 9.17) is 17.2 Å². The number of hydrogen-bond donors (Lipinski definition) is 12. The number of nitrogens with zero attached hydrogens (tertiary/aromatic N) is 1. The predicted octanol–water partition coefficient (Wildman–Crippen LogP) is -4.03. The zero-order valence-electron chi connectivity index (χ0n) is 26.8. The zero-order chi connectivity index (χ0) is 36.2. The standard InChI is InChI=1S/C31H40N12O7/c32-12-21-26(46)40-22(14-37-31(50)38-18-8-4-7-17(11-18)16-5-2-1-3-6-16)27(47)43-24(20-9-10-35-30(34)42-20)29(49)36-13-19(33)25(45)41-23(15-44)28(48)39-21/h1-8,11,14,19-21,23-24,44H,9-10,12-13,15,32-33H2,(H,36,49)(H,39,48)(H,40,46)(H,41,45)(H,43,47)(H3,34,35,42)(H2,37,38,50)/b22-14-/t19?,20?,21-,23-,24-/m0/s1. The predicted molar refractivity (Wildman–Crippen MR) is 181 cm³/mol. The maximum Gasteiger partial charge on any atom is 0.323 e. The summed E-state index contributed by atoms with van der Waals surface area (Å²) in [4.78, 5) is 82.9. The Kier molecular flexibility index (Phi) is 12.8. The topological polar surface area (TPSA) is 309 Å². The highest BCUT2D eigenvalue weighted by Crippen LogP contribution is 2.22. The maximum absolute atomic E-state index is 13.7. The van der Waals surface area contributed by atoms with Crippen molar-refractivity contribution in [1.82, 2.24) is 37.2 Å². The summed E-state index contributed by atoms with van der Waals surface area (Å²) in [6.07, 6.45) is 1.15. The molecule has 1 fully saturated rings. The Labute approximate surface area is 286 Å². The van der Waals surface area contributed by atoms with Crippen molar-refractivity contribution in [2.75, 3.05) is 31.6 Å². The largest absolute Gasteiger partial charge is 0.394 e. The first kappa shape index (κ1) is 36.8. The van der Waals surface area contributed by atoms with Crippen molar-refractivity contribution >= 4 is 47.2 Å². The van der Waals surface area contributed by atoms with E-state index in [1.165, 1.54) is 0 Å². The highest BCUT2D eigenvalue weighted by Gasteiger charge is 2.35. The third-order valence-corrected chi connectivity index (χ3v) is 7.62. The smallest absolute Gasteiger partial charge is 0.323 e. The lowest BCUT2D eigenvalue weighted by Gasteiger charge is -2.31. The molecule has 2 unspecified atom stereocenters. The fraction of sp³-hybridized carbons (Fsp3) is 0.323. The van der Waals surface area contributed by atoms with Crippen LogP contribution in [0, 0.1) is 0 Å². The second-order valence-electron chi connectivity index (χ2n) is 11.2. The Morgan fingerprint density at radius 2 is 1.62 bits per heavy atom. The second-order valence-corrected chi connectivity index (χ2v) is 11.2. The average molecular weight is 693 g/mol. The Balaban J connectivity index is 1.62. The van der Waals surface area contributed by atoms with Crippen molar-refractivity contribution < 1.29 is 33.9 Å². The summed E-state index contributed by atoms with van der Waals surface area (Å²) in [6.45, 7) is -1.54. The molecule has 2 aromatic carbocycles. The van der Waals surface area contributed by atoms with Gasteiger partial charge in [-0.25, -0.2) is 4.79 Å². The Morgan fingerprint density at radius 3 is 2.32 bits per heavy atom. The van der Waals surface area contributed by atoms with E-state index in [9.17, 15) is 33.9 Å². The lowest BCUT2D eigenvalue weighted by atomic mass is 10.0. The molecule has 0 aliphatic carbocycles. The molecule has 15 N–H and O–H groups in total. The summed E-state index contributed by atoms with van der Waals surface area (Å²) < 4.78 is 0. The maximum atomic E-state index is 13.7. The number of aliphatic hydroxyl groups excluding tert-OH is 1. The summed E-state index contributed by atoms with van der Waals surface area (Å²) >= 11 is 0. The lowest BCUT2D eigenvalue weighted by Crippen LogP contribution is -2.64. The SMILES string of the molecule is NC[C@@H]1NC(=O)[C@H](CO)NC(=O)C(N)CNC(=O)[C@H](C2CCN=C(N)N2)NC(=O)/C(=C/NC(=O)Nc2cccc(-c3ccccc3)c2)NC1=O.